The number of aromatic nitrogens is 3. The van der Waals surface area contributed by atoms with Crippen molar-refractivity contribution in [1.29, 1.82) is 0 Å². The highest BCUT2D eigenvalue weighted by Crippen LogP contribution is 2.26. The second kappa shape index (κ2) is 3.70. The molecule has 0 atom stereocenters. The Morgan fingerprint density at radius 2 is 1.94 bits per heavy atom. The number of aromatic amines is 1. The van der Waals surface area contributed by atoms with E-state index in [1.807, 2.05) is 38.2 Å². The number of rotatable bonds is 1. The van der Waals surface area contributed by atoms with Crippen LogP contribution in [0, 0.1) is 13.8 Å². The summed E-state index contributed by atoms with van der Waals surface area (Å²) in [5.41, 5.74) is 4.25. The van der Waals surface area contributed by atoms with E-state index in [1.165, 1.54) is 0 Å². The minimum atomic E-state index is 0.928. The molecule has 3 heteroatoms. The van der Waals surface area contributed by atoms with Crippen LogP contribution in [0.1, 0.15) is 11.5 Å². The molecule has 3 aromatic rings. The molecule has 0 saturated heterocycles. The monoisotopic (exact) mass is 223 g/mol. The van der Waals surface area contributed by atoms with E-state index in [-0.39, 0.29) is 0 Å². The number of hydrogen-bond donors (Lipinski definition) is 1. The van der Waals surface area contributed by atoms with Gasteiger partial charge in [-0.1, -0.05) is 18.2 Å². The fourth-order valence-corrected chi connectivity index (χ4v) is 2.05. The van der Waals surface area contributed by atoms with E-state index >= 15 is 0 Å². The van der Waals surface area contributed by atoms with Crippen LogP contribution < -0.4 is 0 Å². The number of aryl methyl sites for hydroxylation is 2. The number of benzene rings is 1. The lowest BCUT2D eigenvalue weighted by atomic mass is 10.1. The van der Waals surface area contributed by atoms with Gasteiger partial charge in [-0.2, -0.15) is 0 Å². The van der Waals surface area contributed by atoms with E-state index in [1.54, 1.807) is 0 Å². The van der Waals surface area contributed by atoms with Crippen molar-refractivity contribution >= 4 is 10.9 Å². The number of nitrogens with one attached hydrogen (secondary N) is 1. The highest BCUT2D eigenvalue weighted by molar-refractivity contribution is 5.93. The van der Waals surface area contributed by atoms with Gasteiger partial charge in [0, 0.05) is 16.6 Å². The fourth-order valence-electron chi connectivity index (χ4n) is 2.05. The molecule has 17 heavy (non-hydrogen) atoms. The molecule has 0 unspecified atom stereocenters. The summed E-state index contributed by atoms with van der Waals surface area (Å²) in [4.78, 5) is 12.0. The lowest BCUT2D eigenvalue weighted by Gasteiger charge is -2.04. The zero-order chi connectivity index (χ0) is 11.8. The molecule has 0 aliphatic rings. The highest BCUT2D eigenvalue weighted by atomic mass is 14.9. The van der Waals surface area contributed by atoms with Crippen molar-refractivity contribution in [2.45, 2.75) is 13.8 Å². The third kappa shape index (κ3) is 1.69. The van der Waals surface area contributed by atoms with E-state index in [2.05, 4.69) is 27.1 Å². The normalized spacial score (nSPS) is 10.9. The number of fused-ring (bicyclic) bond motifs is 1. The molecule has 0 spiro atoms. The molecule has 0 saturated carbocycles. The summed E-state index contributed by atoms with van der Waals surface area (Å²) in [6.07, 6.45) is 1.87. The molecular weight excluding hydrogens is 210 g/mol. The van der Waals surface area contributed by atoms with Gasteiger partial charge in [0.1, 0.15) is 5.82 Å². The van der Waals surface area contributed by atoms with Crippen LogP contribution in [0.4, 0.5) is 0 Å². The fraction of sp³-hybridized carbons (Fsp3) is 0.143. The Bertz CT molecular complexity index is 683. The predicted molar refractivity (Wildman–Crippen MR) is 68.8 cm³/mol. The minimum absolute atomic E-state index is 0.928. The number of pyridine rings is 1. The van der Waals surface area contributed by atoms with E-state index < -0.39 is 0 Å². The van der Waals surface area contributed by atoms with Gasteiger partial charge in [0.05, 0.1) is 17.4 Å². The second-order valence-corrected chi connectivity index (χ2v) is 4.21. The molecule has 0 bridgehead atoms. The quantitative estimate of drug-likeness (QED) is 0.688. The molecule has 0 radical (unpaired) electrons. The van der Waals surface area contributed by atoms with Crippen molar-refractivity contribution in [3.63, 3.8) is 0 Å². The van der Waals surface area contributed by atoms with E-state index in [9.17, 15) is 0 Å². The van der Waals surface area contributed by atoms with Crippen LogP contribution in [-0.4, -0.2) is 15.0 Å². The van der Waals surface area contributed by atoms with Crippen LogP contribution in [0.25, 0.3) is 22.2 Å². The number of nitrogens with zero attached hydrogens (tertiary/aromatic N) is 2. The minimum Gasteiger partial charge on any atom is -0.342 e. The Hall–Kier alpha value is -2.16. The summed E-state index contributed by atoms with van der Waals surface area (Å²) in [6, 6.07) is 10.3. The summed E-state index contributed by atoms with van der Waals surface area (Å²) >= 11 is 0. The van der Waals surface area contributed by atoms with E-state index in [0.29, 0.717) is 0 Å². The Kier molecular flexibility index (Phi) is 2.18. The SMILES string of the molecule is Cc1ccc2c(-c3cnc(C)[nH]3)cccc2n1. The molecule has 3 nitrogen and oxygen atoms in total. The zero-order valence-electron chi connectivity index (χ0n) is 9.86. The lowest BCUT2D eigenvalue weighted by molar-refractivity contribution is 1.15. The van der Waals surface area contributed by atoms with Crippen molar-refractivity contribution in [3.05, 3.63) is 48.0 Å². The largest absolute Gasteiger partial charge is 0.342 e. The van der Waals surface area contributed by atoms with Crippen LogP contribution in [-0.2, 0) is 0 Å². The average molecular weight is 223 g/mol. The summed E-state index contributed by atoms with van der Waals surface area (Å²) in [5, 5.41) is 1.15. The van der Waals surface area contributed by atoms with Crippen LogP contribution in [0.2, 0.25) is 0 Å². The third-order valence-electron chi connectivity index (χ3n) is 2.86. The van der Waals surface area contributed by atoms with Crippen molar-refractivity contribution in [1.82, 2.24) is 15.0 Å². The summed E-state index contributed by atoms with van der Waals surface area (Å²) in [5.74, 6) is 0.928. The maximum Gasteiger partial charge on any atom is 0.103 e. The summed E-state index contributed by atoms with van der Waals surface area (Å²) in [6.45, 7) is 3.96. The average Bonchev–Trinajstić information content (AvgIpc) is 2.74. The van der Waals surface area contributed by atoms with Crippen LogP contribution in [0.5, 0.6) is 0 Å². The van der Waals surface area contributed by atoms with Gasteiger partial charge in [-0.05, 0) is 26.0 Å². The van der Waals surface area contributed by atoms with Gasteiger partial charge in [0.2, 0.25) is 0 Å². The van der Waals surface area contributed by atoms with Gasteiger partial charge < -0.3 is 4.98 Å². The molecule has 0 aliphatic carbocycles. The Labute approximate surface area is 99.5 Å². The maximum atomic E-state index is 4.53. The van der Waals surface area contributed by atoms with Crippen molar-refractivity contribution < 1.29 is 0 Å². The molecule has 2 heterocycles. The van der Waals surface area contributed by atoms with E-state index in [0.717, 1.165) is 33.7 Å². The van der Waals surface area contributed by atoms with Crippen molar-refractivity contribution in [2.75, 3.05) is 0 Å². The standard InChI is InChI=1S/C14H13N3/c1-9-6-7-12-11(4-3-5-13(12)16-9)14-8-15-10(2)17-14/h3-8H,1-2H3,(H,15,17). The molecule has 2 aromatic heterocycles. The van der Waals surface area contributed by atoms with Crippen molar-refractivity contribution in [2.24, 2.45) is 0 Å². The lowest BCUT2D eigenvalue weighted by Crippen LogP contribution is -1.86. The summed E-state index contributed by atoms with van der Waals surface area (Å²) < 4.78 is 0. The number of imidazole rings is 1. The highest BCUT2D eigenvalue weighted by Gasteiger charge is 2.06. The second-order valence-electron chi connectivity index (χ2n) is 4.21. The van der Waals surface area contributed by atoms with Gasteiger partial charge in [0.15, 0.2) is 0 Å². The van der Waals surface area contributed by atoms with Crippen LogP contribution in [0.3, 0.4) is 0 Å². The molecule has 0 fully saturated rings. The first-order valence-corrected chi connectivity index (χ1v) is 5.62. The maximum absolute atomic E-state index is 4.53. The van der Waals surface area contributed by atoms with Gasteiger partial charge in [0.25, 0.3) is 0 Å². The molecule has 0 aliphatic heterocycles. The number of H-pyrrole nitrogens is 1. The Balaban J connectivity index is 2.30. The van der Waals surface area contributed by atoms with Crippen LogP contribution >= 0.6 is 0 Å². The molecule has 1 aromatic carbocycles. The third-order valence-corrected chi connectivity index (χ3v) is 2.86. The van der Waals surface area contributed by atoms with Gasteiger partial charge in [-0.25, -0.2) is 4.98 Å². The molecule has 1 N–H and O–H groups in total. The van der Waals surface area contributed by atoms with Crippen LogP contribution in [0.15, 0.2) is 36.5 Å². The van der Waals surface area contributed by atoms with Gasteiger partial charge in [-0.15, -0.1) is 0 Å². The smallest absolute Gasteiger partial charge is 0.103 e. The molecular formula is C14H13N3. The van der Waals surface area contributed by atoms with Gasteiger partial charge >= 0.3 is 0 Å². The molecule has 0 amide bonds. The zero-order valence-corrected chi connectivity index (χ0v) is 9.86. The summed E-state index contributed by atoms with van der Waals surface area (Å²) in [7, 11) is 0. The first kappa shape index (κ1) is 10.0. The molecule has 84 valence electrons. The van der Waals surface area contributed by atoms with Crippen molar-refractivity contribution in [3.8, 4) is 11.3 Å². The van der Waals surface area contributed by atoms with E-state index in [4.69, 9.17) is 0 Å². The Morgan fingerprint density at radius 3 is 2.71 bits per heavy atom. The topological polar surface area (TPSA) is 41.6 Å². The molecule has 3 rings (SSSR count). The first-order chi connectivity index (χ1) is 8.24. The predicted octanol–water partition coefficient (Wildman–Crippen LogP) is 3.24. The Morgan fingerprint density at radius 1 is 1.06 bits per heavy atom. The van der Waals surface area contributed by atoms with Gasteiger partial charge in [-0.3, -0.25) is 4.98 Å². The first-order valence-electron chi connectivity index (χ1n) is 5.62. The number of hydrogen-bond acceptors (Lipinski definition) is 2.